The van der Waals surface area contributed by atoms with Gasteiger partial charge in [0.05, 0.1) is 11.9 Å². The molecule has 0 bridgehead atoms. The van der Waals surface area contributed by atoms with Crippen molar-refractivity contribution in [3.05, 3.63) is 29.3 Å². The van der Waals surface area contributed by atoms with Gasteiger partial charge in [0, 0.05) is 18.7 Å². The zero-order chi connectivity index (χ0) is 11.5. The van der Waals surface area contributed by atoms with E-state index in [1.807, 2.05) is 24.6 Å². The fourth-order valence-electron chi connectivity index (χ4n) is 1.71. The van der Waals surface area contributed by atoms with Crippen molar-refractivity contribution in [2.75, 3.05) is 0 Å². The van der Waals surface area contributed by atoms with Gasteiger partial charge in [0.25, 0.3) is 0 Å². The van der Waals surface area contributed by atoms with E-state index in [1.165, 1.54) is 6.20 Å². The van der Waals surface area contributed by atoms with Crippen molar-refractivity contribution in [3.63, 3.8) is 0 Å². The highest BCUT2D eigenvalue weighted by atomic mass is 16.3. The van der Waals surface area contributed by atoms with Crippen LogP contribution in [0.2, 0.25) is 0 Å². The molecule has 0 aliphatic rings. The van der Waals surface area contributed by atoms with E-state index in [0.29, 0.717) is 12.1 Å². The molecule has 0 amide bonds. The molecular weight excluding hydrogens is 206 g/mol. The molecule has 2 aromatic heterocycles. The van der Waals surface area contributed by atoms with Crippen LogP contribution >= 0.6 is 0 Å². The summed E-state index contributed by atoms with van der Waals surface area (Å²) in [6, 6.07) is 1.98. The number of nitrogens with zero attached hydrogens (tertiary/aromatic N) is 4. The van der Waals surface area contributed by atoms with Gasteiger partial charge >= 0.3 is 0 Å². The number of hydrogen-bond acceptors (Lipinski definition) is 4. The average Bonchev–Trinajstić information content (AvgIpc) is 2.87. The second-order valence-corrected chi connectivity index (χ2v) is 3.71. The van der Waals surface area contributed by atoms with E-state index in [4.69, 9.17) is 0 Å². The SMILES string of the molecule is CCn1nc(C)cc1CC(O)c1cn[nH]n1. The molecule has 2 rings (SSSR count). The summed E-state index contributed by atoms with van der Waals surface area (Å²) in [6.45, 7) is 4.77. The number of rotatable bonds is 4. The highest BCUT2D eigenvalue weighted by Crippen LogP contribution is 2.16. The Morgan fingerprint density at radius 1 is 1.56 bits per heavy atom. The summed E-state index contributed by atoms with van der Waals surface area (Å²) in [5.41, 5.74) is 2.53. The normalized spacial score (nSPS) is 12.9. The van der Waals surface area contributed by atoms with E-state index in [2.05, 4.69) is 20.5 Å². The molecule has 6 heteroatoms. The molecule has 2 heterocycles. The van der Waals surface area contributed by atoms with Crippen LogP contribution in [0.15, 0.2) is 12.3 Å². The molecule has 0 fully saturated rings. The molecule has 86 valence electrons. The first kappa shape index (κ1) is 10.8. The van der Waals surface area contributed by atoms with Crippen molar-refractivity contribution in [1.29, 1.82) is 0 Å². The van der Waals surface area contributed by atoms with Gasteiger partial charge in [0.2, 0.25) is 0 Å². The van der Waals surface area contributed by atoms with Crippen molar-refractivity contribution >= 4 is 0 Å². The quantitative estimate of drug-likeness (QED) is 0.792. The number of aromatic amines is 1. The number of hydrogen-bond donors (Lipinski definition) is 2. The van der Waals surface area contributed by atoms with Gasteiger partial charge < -0.3 is 5.11 Å². The summed E-state index contributed by atoms with van der Waals surface area (Å²) in [7, 11) is 0. The van der Waals surface area contributed by atoms with E-state index in [1.54, 1.807) is 0 Å². The standard InChI is InChI=1S/C10H15N5O/c1-3-15-8(4-7(2)13-15)5-10(16)9-6-11-14-12-9/h4,6,10,16H,3,5H2,1-2H3,(H,11,12,14). The summed E-state index contributed by atoms with van der Waals surface area (Å²) in [4.78, 5) is 0. The lowest BCUT2D eigenvalue weighted by Gasteiger charge is -2.08. The number of H-pyrrole nitrogens is 1. The van der Waals surface area contributed by atoms with Crippen LogP contribution in [0.3, 0.4) is 0 Å². The first-order chi connectivity index (χ1) is 7.70. The Bertz CT molecular complexity index is 448. The third-order valence-corrected chi connectivity index (χ3v) is 2.46. The molecule has 6 nitrogen and oxygen atoms in total. The van der Waals surface area contributed by atoms with Crippen LogP contribution in [-0.4, -0.2) is 30.3 Å². The lowest BCUT2D eigenvalue weighted by atomic mass is 10.1. The average molecular weight is 221 g/mol. The monoisotopic (exact) mass is 221 g/mol. The zero-order valence-electron chi connectivity index (χ0n) is 9.38. The van der Waals surface area contributed by atoms with Crippen LogP contribution in [0.4, 0.5) is 0 Å². The highest BCUT2D eigenvalue weighted by molar-refractivity contribution is 5.12. The van der Waals surface area contributed by atoms with Crippen molar-refractivity contribution in [2.24, 2.45) is 0 Å². The van der Waals surface area contributed by atoms with Gasteiger partial charge in [-0.3, -0.25) is 4.68 Å². The van der Waals surface area contributed by atoms with E-state index < -0.39 is 6.10 Å². The Balaban J connectivity index is 2.14. The first-order valence-electron chi connectivity index (χ1n) is 5.27. The predicted octanol–water partition coefficient (Wildman–Crippen LogP) is 0.606. The molecule has 2 N–H and O–H groups in total. The zero-order valence-corrected chi connectivity index (χ0v) is 9.38. The van der Waals surface area contributed by atoms with Gasteiger partial charge in [-0.2, -0.15) is 20.5 Å². The van der Waals surface area contributed by atoms with E-state index in [9.17, 15) is 5.11 Å². The Morgan fingerprint density at radius 2 is 2.38 bits per heavy atom. The van der Waals surface area contributed by atoms with Crippen LogP contribution in [0.25, 0.3) is 0 Å². The van der Waals surface area contributed by atoms with E-state index in [0.717, 1.165) is 17.9 Å². The second-order valence-electron chi connectivity index (χ2n) is 3.71. The Morgan fingerprint density at radius 3 is 3.00 bits per heavy atom. The highest BCUT2D eigenvalue weighted by Gasteiger charge is 2.14. The maximum atomic E-state index is 9.93. The van der Waals surface area contributed by atoms with Crippen LogP contribution in [0.1, 0.15) is 30.1 Å². The molecule has 1 unspecified atom stereocenters. The van der Waals surface area contributed by atoms with Crippen LogP contribution < -0.4 is 0 Å². The summed E-state index contributed by atoms with van der Waals surface area (Å²) in [5.74, 6) is 0. The lowest BCUT2D eigenvalue weighted by Crippen LogP contribution is -2.08. The summed E-state index contributed by atoms with van der Waals surface area (Å²) >= 11 is 0. The van der Waals surface area contributed by atoms with Gasteiger partial charge in [-0.1, -0.05) is 0 Å². The Kier molecular flexibility index (Phi) is 3.00. The number of aromatic nitrogens is 5. The van der Waals surface area contributed by atoms with Gasteiger partial charge in [-0.15, -0.1) is 0 Å². The summed E-state index contributed by atoms with van der Waals surface area (Å²) in [6.07, 6.45) is 1.39. The van der Waals surface area contributed by atoms with Crippen LogP contribution in [-0.2, 0) is 13.0 Å². The minimum atomic E-state index is -0.639. The van der Waals surface area contributed by atoms with Crippen molar-refractivity contribution < 1.29 is 5.11 Å². The predicted molar refractivity (Wildman–Crippen MR) is 57.7 cm³/mol. The third-order valence-electron chi connectivity index (χ3n) is 2.46. The maximum Gasteiger partial charge on any atom is 0.111 e. The number of nitrogens with one attached hydrogen (secondary N) is 1. The molecule has 16 heavy (non-hydrogen) atoms. The number of aliphatic hydroxyl groups is 1. The smallest absolute Gasteiger partial charge is 0.111 e. The van der Waals surface area contributed by atoms with Crippen molar-refractivity contribution in [3.8, 4) is 0 Å². The maximum absolute atomic E-state index is 9.93. The van der Waals surface area contributed by atoms with Gasteiger partial charge in [-0.25, -0.2) is 0 Å². The molecular formula is C10H15N5O. The topological polar surface area (TPSA) is 79.6 Å². The molecule has 0 radical (unpaired) electrons. The minimum absolute atomic E-state index is 0.501. The second kappa shape index (κ2) is 4.44. The first-order valence-corrected chi connectivity index (χ1v) is 5.27. The molecule has 0 aliphatic carbocycles. The lowest BCUT2D eigenvalue weighted by molar-refractivity contribution is 0.170. The van der Waals surface area contributed by atoms with E-state index >= 15 is 0 Å². The molecule has 0 saturated heterocycles. The molecule has 1 atom stereocenters. The van der Waals surface area contributed by atoms with Crippen molar-refractivity contribution in [2.45, 2.75) is 32.9 Å². The molecule has 0 spiro atoms. The summed E-state index contributed by atoms with van der Waals surface area (Å²) in [5, 5.41) is 24.3. The summed E-state index contributed by atoms with van der Waals surface area (Å²) < 4.78 is 1.89. The van der Waals surface area contributed by atoms with Gasteiger partial charge in [-0.05, 0) is 19.9 Å². The molecule has 2 aromatic rings. The van der Waals surface area contributed by atoms with Gasteiger partial charge in [0.1, 0.15) is 11.8 Å². The fraction of sp³-hybridized carbons (Fsp3) is 0.500. The Hall–Kier alpha value is -1.69. The van der Waals surface area contributed by atoms with Crippen LogP contribution in [0, 0.1) is 6.92 Å². The third kappa shape index (κ3) is 2.11. The molecule has 0 aliphatic heterocycles. The number of aryl methyl sites for hydroxylation is 2. The van der Waals surface area contributed by atoms with Crippen LogP contribution in [0.5, 0.6) is 0 Å². The minimum Gasteiger partial charge on any atom is -0.386 e. The van der Waals surface area contributed by atoms with Crippen molar-refractivity contribution in [1.82, 2.24) is 25.2 Å². The largest absolute Gasteiger partial charge is 0.386 e. The Labute approximate surface area is 93.3 Å². The molecule has 0 saturated carbocycles. The molecule has 0 aromatic carbocycles. The fourth-order valence-corrected chi connectivity index (χ4v) is 1.71. The van der Waals surface area contributed by atoms with E-state index in [-0.39, 0.29) is 0 Å². The number of aliphatic hydroxyl groups excluding tert-OH is 1. The van der Waals surface area contributed by atoms with Gasteiger partial charge in [0.15, 0.2) is 0 Å².